The van der Waals surface area contributed by atoms with E-state index in [1.165, 1.54) is 12.3 Å². The number of amides is 2. The predicted octanol–water partition coefficient (Wildman–Crippen LogP) is 3.10. The molecule has 0 atom stereocenters. The minimum absolute atomic E-state index is 0.0351. The van der Waals surface area contributed by atoms with Crippen LogP contribution < -0.4 is 10.6 Å². The van der Waals surface area contributed by atoms with Gasteiger partial charge in [0.15, 0.2) is 0 Å². The molecular weight excluding hydrogens is 292 g/mol. The zero-order chi connectivity index (χ0) is 15.2. The van der Waals surface area contributed by atoms with Gasteiger partial charge in [0.1, 0.15) is 0 Å². The summed E-state index contributed by atoms with van der Waals surface area (Å²) in [6, 6.07) is 7.98. The molecule has 0 saturated carbocycles. The maximum atomic E-state index is 11.9. The smallest absolute Gasteiger partial charge is 0.260 e. The number of furan rings is 1. The van der Waals surface area contributed by atoms with Crippen molar-refractivity contribution in [3.05, 3.63) is 65.6 Å². The lowest BCUT2D eigenvalue weighted by Crippen LogP contribution is -2.23. The van der Waals surface area contributed by atoms with Gasteiger partial charge < -0.3 is 15.1 Å². The number of rotatable bonds is 5. The second-order valence-corrected chi connectivity index (χ2v) is 4.48. The molecule has 1 aromatic heterocycles. The molecule has 0 saturated heterocycles. The predicted molar refractivity (Wildman–Crippen MR) is 80.6 cm³/mol. The van der Waals surface area contributed by atoms with Gasteiger partial charge in [0.2, 0.25) is 5.22 Å². The van der Waals surface area contributed by atoms with Crippen LogP contribution in [0.25, 0.3) is 0 Å². The van der Waals surface area contributed by atoms with Crippen LogP contribution in [-0.2, 0) is 0 Å². The molecule has 1 heterocycles. The lowest BCUT2D eigenvalue weighted by Gasteiger charge is -2.06. The molecule has 21 heavy (non-hydrogen) atoms. The average Bonchev–Trinajstić information content (AvgIpc) is 2.91. The Morgan fingerprint density at radius 1 is 1.19 bits per heavy atom. The Hall–Kier alpha value is -2.53. The summed E-state index contributed by atoms with van der Waals surface area (Å²) < 4.78 is 4.86. The van der Waals surface area contributed by atoms with Crippen molar-refractivity contribution in [1.29, 1.82) is 0 Å². The summed E-state index contributed by atoms with van der Waals surface area (Å²) in [6.45, 7) is 3.92. The summed E-state index contributed by atoms with van der Waals surface area (Å²) in [5.74, 6) is -0.580. The Morgan fingerprint density at radius 3 is 2.48 bits per heavy atom. The van der Waals surface area contributed by atoms with Crippen molar-refractivity contribution in [2.24, 2.45) is 0 Å². The normalized spacial score (nSPS) is 9.95. The third kappa shape index (κ3) is 3.73. The number of hydrogen-bond acceptors (Lipinski definition) is 3. The fraction of sp³-hybridized carbons (Fsp3) is 0.0667. The second kappa shape index (κ2) is 6.76. The highest BCUT2D eigenvalue weighted by Crippen LogP contribution is 2.18. The van der Waals surface area contributed by atoms with E-state index in [9.17, 15) is 9.59 Å². The van der Waals surface area contributed by atoms with Crippen LogP contribution >= 0.6 is 11.6 Å². The molecule has 0 unspecified atom stereocenters. The molecule has 0 bridgehead atoms. The van der Waals surface area contributed by atoms with Crippen LogP contribution in [0.3, 0.4) is 0 Å². The number of hydrogen-bond donors (Lipinski definition) is 2. The number of benzene rings is 1. The maximum Gasteiger partial charge on any atom is 0.260 e. The lowest BCUT2D eigenvalue weighted by molar-refractivity contribution is 0.0957. The van der Waals surface area contributed by atoms with Crippen molar-refractivity contribution in [3.63, 3.8) is 0 Å². The first-order valence-corrected chi connectivity index (χ1v) is 6.53. The molecular formula is C15H13ClN2O3. The highest BCUT2D eigenvalue weighted by molar-refractivity contribution is 6.32. The van der Waals surface area contributed by atoms with Crippen molar-refractivity contribution in [2.75, 3.05) is 11.9 Å². The van der Waals surface area contributed by atoms with Crippen LogP contribution in [0.1, 0.15) is 20.7 Å². The molecule has 6 heteroatoms. The van der Waals surface area contributed by atoms with E-state index >= 15 is 0 Å². The van der Waals surface area contributed by atoms with Crippen LogP contribution in [0.2, 0.25) is 5.22 Å². The van der Waals surface area contributed by atoms with Gasteiger partial charge in [0, 0.05) is 17.8 Å². The third-order valence-electron chi connectivity index (χ3n) is 2.67. The fourth-order valence-corrected chi connectivity index (χ4v) is 1.83. The van der Waals surface area contributed by atoms with E-state index in [0.29, 0.717) is 17.8 Å². The minimum atomic E-state index is -0.377. The lowest BCUT2D eigenvalue weighted by atomic mass is 10.2. The molecule has 108 valence electrons. The molecule has 0 aliphatic heterocycles. The molecule has 1 aromatic carbocycles. The van der Waals surface area contributed by atoms with Gasteiger partial charge in [0.05, 0.1) is 11.8 Å². The van der Waals surface area contributed by atoms with Gasteiger partial charge in [-0.15, -0.1) is 6.58 Å². The van der Waals surface area contributed by atoms with E-state index in [-0.39, 0.29) is 22.6 Å². The number of nitrogens with one attached hydrogen (secondary N) is 2. The van der Waals surface area contributed by atoms with E-state index < -0.39 is 0 Å². The molecule has 0 radical (unpaired) electrons. The van der Waals surface area contributed by atoms with Gasteiger partial charge in [-0.2, -0.15) is 0 Å². The molecule has 0 fully saturated rings. The highest BCUT2D eigenvalue weighted by atomic mass is 35.5. The average molecular weight is 305 g/mol. The summed E-state index contributed by atoms with van der Waals surface area (Å²) in [4.78, 5) is 23.6. The minimum Gasteiger partial charge on any atom is -0.452 e. The topological polar surface area (TPSA) is 71.3 Å². The van der Waals surface area contributed by atoms with Crippen LogP contribution in [0.5, 0.6) is 0 Å². The van der Waals surface area contributed by atoms with E-state index in [4.69, 9.17) is 16.0 Å². The zero-order valence-electron chi connectivity index (χ0n) is 11.1. The van der Waals surface area contributed by atoms with E-state index in [1.54, 1.807) is 30.3 Å². The van der Waals surface area contributed by atoms with Crippen molar-refractivity contribution < 1.29 is 14.0 Å². The van der Waals surface area contributed by atoms with Crippen molar-refractivity contribution >= 4 is 29.1 Å². The summed E-state index contributed by atoms with van der Waals surface area (Å²) in [5.41, 5.74) is 1.30. The molecule has 0 aliphatic rings. The zero-order valence-corrected chi connectivity index (χ0v) is 11.8. The second-order valence-electron chi connectivity index (χ2n) is 4.14. The van der Waals surface area contributed by atoms with Gasteiger partial charge in [-0.1, -0.05) is 6.08 Å². The molecule has 0 aliphatic carbocycles. The van der Waals surface area contributed by atoms with Crippen molar-refractivity contribution in [1.82, 2.24) is 5.32 Å². The van der Waals surface area contributed by atoms with Gasteiger partial charge >= 0.3 is 0 Å². The van der Waals surface area contributed by atoms with Gasteiger partial charge in [-0.05, 0) is 41.9 Å². The Balaban J connectivity index is 2.02. The quantitative estimate of drug-likeness (QED) is 0.834. The first kappa shape index (κ1) is 14.9. The first-order chi connectivity index (χ1) is 10.1. The molecule has 2 aromatic rings. The number of carbonyl (C=O) groups is 2. The van der Waals surface area contributed by atoms with Crippen LogP contribution in [0.15, 0.2) is 53.7 Å². The molecule has 5 nitrogen and oxygen atoms in total. The highest BCUT2D eigenvalue weighted by Gasteiger charge is 2.13. The van der Waals surface area contributed by atoms with E-state index in [1.807, 2.05) is 0 Å². The van der Waals surface area contributed by atoms with E-state index in [2.05, 4.69) is 17.2 Å². The molecule has 2 N–H and O–H groups in total. The maximum absolute atomic E-state index is 11.9. The van der Waals surface area contributed by atoms with Crippen LogP contribution in [0, 0.1) is 0 Å². The summed E-state index contributed by atoms with van der Waals surface area (Å²) >= 11 is 5.73. The summed E-state index contributed by atoms with van der Waals surface area (Å²) in [5, 5.41) is 5.36. The molecule has 0 spiro atoms. The molecule has 2 rings (SSSR count). The van der Waals surface area contributed by atoms with Gasteiger partial charge in [0.25, 0.3) is 11.8 Å². The van der Waals surface area contributed by atoms with Gasteiger partial charge in [-0.25, -0.2) is 0 Å². The fourth-order valence-electron chi connectivity index (χ4n) is 1.63. The SMILES string of the molecule is C=CCNC(=O)c1ccc(NC(=O)c2ccoc2Cl)cc1. The number of halogens is 1. The van der Waals surface area contributed by atoms with E-state index in [0.717, 1.165) is 0 Å². The third-order valence-corrected chi connectivity index (χ3v) is 2.97. The monoisotopic (exact) mass is 304 g/mol. The number of anilines is 1. The Kier molecular flexibility index (Phi) is 4.79. The Morgan fingerprint density at radius 2 is 1.90 bits per heavy atom. The Labute approximate surface area is 126 Å². The van der Waals surface area contributed by atoms with Gasteiger partial charge in [-0.3, -0.25) is 9.59 Å². The van der Waals surface area contributed by atoms with Crippen LogP contribution in [-0.4, -0.2) is 18.4 Å². The standard InChI is InChI=1S/C15H13ClN2O3/c1-2-8-17-14(19)10-3-5-11(6-4-10)18-15(20)12-7-9-21-13(12)16/h2-7,9H,1,8H2,(H,17,19)(H,18,20). The van der Waals surface area contributed by atoms with Crippen molar-refractivity contribution in [3.8, 4) is 0 Å². The summed E-state index contributed by atoms with van der Waals surface area (Å²) in [7, 11) is 0. The largest absolute Gasteiger partial charge is 0.452 e. The molecule has 2 amide bonds. The first-order valence-electron chi connectivity index (χ1n) is 6.15. The number of carbonyl (C=O) groups excluding carboxylic acids is 2. The Bertz CT molecular complexity index is 662. The summed E-state index contributed by atoms with van der Waals surface area (Å²) in [6.07, 6.45) is 2.94. The van der Waals surface area contributed by atoms with Crippen LogP contribution in [0.4, 0.5) is 5.69 Å². The van der Waals surface area contributed by atoms with Crippen molar-refractivity contribution in [2.45, 2.75) is 0 Å².